The summed E-state index contributed by atoms with van der Waals surface area (Å²) in [5.74, 6) is -0.181. The van der Waals surface area contributed by atoms with E-state index in [-0.39, 0.29) is 63.2 Å². The highest BCUT2D eigenvalue weighted by Gasteiger charge is 2.24. The summed E-state index contributed by atoms with van der Waals surface area (Å²) < 4.78 is 51.2. The van der Waals surface area contributed by atoms with Gasteiger partial charge in [-0.25, -0.2) is 18.2 Å². The van der Waals surface area contributed by atoms with E-state index in [1.54, 1.807) is 30.3 Å². The van der Waals surface area contributed by atoms with Gasteiger partial charge in [-0.1, -0.05) is 56.6 Å². The number of hydrogen-bond acceptors (Lipinski definition) is 10. The number of rotatable bonds is 11. The van der Waals surface area contributed by atoms with Gasteiger partial charge in [0.25, 0.3) is 15.9 Å². The van der Waals surface area contributed by atoms with E-state index in [4.69, 9.17) is 30.5 Å². The fourth-order valence-corrected chi connectivity index (χ4v) is 4.91. The summed E-state index contributed by atoms with van der Waals surface area (Å²) in [6, 6.07) is 17.3. The molecule has 0 aliphatic heterocycles. The van der Waals surface area contributed by atoms with Gasteiger partial charge in [0, 0.05) is 6.07 Å². The fraction of sp³-hybridized carbons (Fsp3) is 0.233. The van der Waals surface area contributed by atoms with Crippen molar-refractivity contribution < 1.29 is 37.3 Å². The first-order valence-corrected chi connectivity index (χ1v) is 15.1. The lowest BCUT2D eigenvalue weighted by Gasteiger charge is -2.19. The number of sulfonamides is 1. The lowest BCUT2D eigenvalue weighted by atomic mass is 9.87. The number of hydrogen-bond donors (Lipinski definition) is 3. The van der Waals surface area contributed by atoms with Crippen molar-refractivity contribution in [2.45, 2.75) is 31.1 Å². The molecule has 14 heteroatoms. The lowest BCUT2D eigenvalue weighted by Crippen LogP contribution is -2.18. The van der Waals surface area contributed by atoms with Gasteiger partial charge in [0.2, 0.25) is 5.75 Å². The average molecular weight is 643 g/mol. The second-order valence-corrected chi connectivity index (χ2v) is 12.4. The maximum atomic E-state index is 13.4. The van der Waals surface area contributed by atoms with Crippen LogP contribution in [0.2, 0.25) is 5.02 Å². The zero-order chi connectivity index (χ0) is 31.9. The third-order valence-electron chi connectivity index (χ3n) is 6.08. The molecule has 0 bridgehead atoms. The molecule has 12 nitrogen and oxygen atoms in total. The number of benzene rings is 3. The minimum atomic E-state index is -4.13. The number of carbonyl (C=O) groups is 1. The van der Waals surface area contributed by atoms with Gasteiger partial charge in [-0.05, 0) is 47.4 Å². The van der Waals surface area contributed by atoms with Crippen LogP contribution in [0.3, 0.4) is 0 Å². The number of carbonyl (C=O) groups excluding carboxylic acids is 1. The maximum Gasteiger partial charge on any atom is 0.411 e. The molecule has 1 heterocycles. The van der Waals surface area contributed by atoms with Crippen LogP contribution in [-0.4, -0.2) is 49.9 Å². The molecule has 0 unspecified atom stereocenters. The van der Waals surface area contributed by atoms with Crippen molar-refractivity contribution in [1.29, 1.82) is 0 Å². The Morgan fingerprint density at radius 2 is 1.73 bits per heavy atom. The van der Waals surface area contributed by atoms with Crippen LogP contribution < -0.4 is 24.2 Å². The molecule has 3 aromatic carbocycles. The molecule has 0 aliphatic rings. The van der Waals surface area contributed by atoms with Gasteiger partial charge < -0.3 is 24.1 Å². The molecule has 0 saturated heterocycles. The number of para-hydroxylation sites is 2. The topological polar surface area (TPSA) is 158 Å². The van der Waals surface area contributed by atoms with Crippen LogP contribution in [0.5, 0.6) is 28.9 Å². The summed E-state index contributed by atoms with van der Waals surface area (Å²) >= 11 is 6.34. The minimum absolute atomic E-state index is 0.000749. The Labute approximate surface area is 260 Å². The lowest BCUT2D eigenvalue weighted by molar-refractivity contribution is 0.135. The molecule has 0 spiro atoms. The van der Waals surface area contributed by atoms with Gasteiger partial charge in [-0.15, -0.1) is 0 Å². The first-order chi connectivity index (χ1) is 20.9. The predicted molar refractivity (Wildman–Crippen MR) is 165 cm³/mol. The van der Waals surface area contributed by atoms with Gasteiger partial charge in [0.15, 0.2) is 5.82 Å². The number of amides is 1. The average Bonchev–Trinajstić information content (AvgIpc) is 2.98. The van der Waals surface area contributed by atoms with Crippen molar-refractivity contribution in [2.75, 3.05) is 30.4 Å². The zero-order valence-electron chi connectivity index (χ0n) is 24.3. The smallest absolute Gasteiger partial charge is 0.411 e. The molecule has 4 rings (SSSR count). The van der Waals surface area contributed by atoms with Crippen molar-refractivity contribution >= 4 is 39.2 Å². The fourth-order valence-electron chi connectivity index (χ4n) is 3.74. The Balaban J connectivity index is 1.56. The quantitative estimate of drug-likeness (QED) is 0.124. The highest BCUT2D eigenvalue weighted by Crippen LogP contribution is 2.40. The highest BCUT2D eigenvalue weighted by molar-refractivity contribution is 7.92. The maximum absolute atomic E-state index is 13.4. The van der Waals surface area contributed by atoms with Crippen LogP contribution in [0.25, 0.3) is 0 Å². The van der Waals surface area contributed by atoms with Crippen molar-refractivity contribution in [1.82, 2.24) is 9.97 Å². The Morgan fingerprint density at radius 3 is 2.41 bits per heavy atom. The summed E-state index contributed by atoms with van der Waals surface area (Å²) in [5, 5.41) is 12.4. The zero-order valence-corrected chi connectivity index (χ0v) is 25.9. The molecule has 44 heavy (non-hydrogen) atoms. The number of methoxy groups -OCH3 is 1. The van der Waals surface area contributed by atoms with Gasteiger partial charge in [0.05, 0.1) is 22.7 Å². The third kappa shape index (κ3) is 8.20. The van der Waals surface area contributed by atoms with E-state index in [0.717, 1.165) is 11.9 Å². The van der Waals surface area contributed by atoms with Crippen LogP contribution in [0.15, 0.2) is 78.0 Å². The summed E-state index contributed by atoms with van der Waals surface area (Å²) in [6.45, 7) is 5.64. The molecule has 1 amide bonds. The summed E-state index contributed by atoms with van der Waals surface area (Å²) in [5.41, 5.74) is 0.965. The molecule has 0 radical (unpaired) electrons. The number of phenols is 1. The van der Waals surface area contributed by atoms with Gasteiger partial charge in [-0.2, -0.15) is 4.98 Å². The number of anilines is 2. The first kappa shape index (κ1) is 32.2. The van der Waals surface area contributed by atoms with E-state index in [2.05, 4.69) is 20.0 Å². The molecule has 0 fully saturated rings. The normalized spacial score (nSPS) is 11.4. The van der Waals surface area contributed by atoms with Crippen LogP contribution in [0.1, 0.15) is 26.3 Å². The van der Waals surface area contributed by atoms with Gasteiger partial charge in [-0.3, -0.25) is 10.0 Å². The number of halogens is 1. The number of phenolic OH excluding ortho intramolecular Hbond substituents is 1. The van der Waals surface area contributed by atoms with Crippen molar-refractivity contribution in [3.8, 4) is 28.9 Å². The minimum Gasteiger partial charge on any atom is -0.506 e. The van der Waals surface area contributed by atoms with Crippen LogP contribution in [0, 0.1) is 0 Å². The SMILES string of the molecule is COc1ccc(Cl)c(Oc2c(NS(=O)(=O)c3ccc(C(C)(C)C)cc3)ncnc2OCCOC(=O)Nc2ccccc2O)c1. The number of aromatic nitrogens is 2. The third-order valence-corrected chi connectivity index (χ3v) is 7.75. The van der Waals surface area contributed by atoms with E-state index in [0.29, 0.717) is 5.75 Å². The molecule has 1 aromatic heterocycles. The second-order valence-electron chi connectivity index (χ2n) is 10.3. The van der Waals surface area contributed by atoms with E-state index in [9.17, 15) is 18.3 Å². The van der Waals surface area contributed by atoms with E-state index in [1.807, 2.05) is 20.8 Å². The van der Waals surface area contributed by atoms with E-state index >= 15 is 0 Å². The molecule has 0 saturated carbocycles. The molecule has 0 aliphatic carbocycles. The number of nitrogens with one attached hydrogen (secondary N) is 2. The summed E-state index contributed by atoms with van der Waals surface area (Å²) in [6.07, 6.45) is 0.255. The number of nitrogens with zero attached hydrogens (tertiary/aromatic N) is 2. The van der Waals surface area contributed by atoms with Gasteiger partial charge in [0.1, 0.15) is 36.8 Å². The Hall–Kier alpha value is -4.75. The van der Waals surface area contributed by atoms with Crippen molar-refractivity contribution in [3.05, 3.63) is 83.6 Å². The van der Waals surface area contributed by atoms with Crippen LogP contribution in [-0.2, 0) is 20.2 Å². The Kier molecular flexibility index (Phi) is 10.0. The molecule has 3 N–H and O–H groups in total. The first-order valence-electron chi connectivity index (χ1n) is 13.2. The highest BCUT2D eigenvalue weighted by atomic mass is 35.5. The number of aromatic hydroxyl groups is 1. The van der Waals surface area contributed by atoms with E-state index in [1.165, 1.54) is 43.5 Å². The molecule has 4 aromatic rings. The molecular formula is C30H31ClN4O8S. The molecule has 0 atom stereocenters. The number of ether oxygens (including phenoxy) is 4. The molecule has 232 valence electrons. The van der Waals surface area contributed by atoms with Crippen LogP contribution >= 0.6 is 11.6 Å². The Bertz CT molecular complexity index is 1730. The second kappa shape index (κ2) is 13.7. The predicted octanol–water partition coefficient (Wildman–Crippen LogP) is 6.36. The van der Waals surface area contributed by atoms with Crippen molar-refractivity contribution in [3.63, 3.8) is 0 Å². The van der Waals surface area contributed by atoms with Gasteiger partial charge >= 0.3 is 6.09 Å². The largest absolute Gasteiger partial charge is 0.506 e. The van der Waals surface area contributed by atoms with E-state index < -0.39 is 16.1 Å². The van der Waals surface area contributed by atoms with Crippen molar-refractivity contribution in [2.24, 2.45) is 0 Å². The summed E-state index contributed by atoms with van der Waals surface area (Å²) in [4.78, 5) is 20.3. The Morgan fingerprint density at radius 1 is 1.00 bits per heavy atom. The summed E-state index contributed by atoms with van der Waals surface area (Å²) in [7, 11) is -2.67. The monoisotopic (exact) mass is 642 g/mol. The standard InChI is InChI=1S/C30H31ClN4O8S/c1-30(2,3)19-9-12-21(13-10-19)44(38,39)35-27-26(43-25-17-20(40-4)11-14-22(25)31)28(33-18-32-27)41-15-16-42-29(37)34-23-7-5-6-8-24(23)36/h5-14,17-18,36H,15-16H2,1-4H3,(H,34,37)(H,32,33,35). The van der Waals surface area contributed by atoms with Crippen LogP contribution in [0.4, 0.5) is 16.3 Å². The molecular weight excluding hydrogens is 612 g/mol.